The summed E-state index contributed by atoms with van der Waals surface area (Å²) in [4.78, 5) is 14.6. The zero-order valence-corrected chi connectivity index (χ0v) is 17.0. The quantitative estimate of drug-likeness (QED) is 0.784. The minimum Gasteiger partial charge on any atom is -0.484 e. The van der Waals surface area contributed by atoms with Crippen molar-refractivity contribution in [2.45, 2.75) is 38.8 Å². The molecule has 2 aliphatic rings. The number of ether oxygens (including phenoxy) is 2. The Kier molecular flexibility index (Phi) is 6.80. The van der Waals surface area contributed by atoms with Gasteiger partial charge in [0.1, 0.15) is 5.75 Å². The minimum atomic E-state index is -0.0971. The molecule has 1 saturated heterocycles. The van der Waals surface area contributed by atoms with Crippen molar-refractivity contribution in [2.24, 2.45) is 0 Å². The van der Waals surface area contributed by atoms with Gasteiger partial charge in [-0.1, -0.05) is 30.3 Å². The van der Waals surface area contributed by atoms with E-state index in [1.807, 2.05) is 6.07 Å². The van der Waals surface area contributed by atoms with Crippen molar-refractivity contribution in [1.82, 2.24) is 10.2 Å². The Bertz CT molecular complexity index is 813. The number of nitrogens with one attached hydrogen (secondary N) is 1. The summed E-state index contributed by atoms with van der Waals surface area (Å²) in [6.07, 6.45) is 4.77. The van der Waals surface area contributed by atoms with Crippen molar-refractivity contribution in [3.8, 4) is 5.75 Å². The van der Waals surface area contributed by atoms with Crippen LogP contribution in [0.15, 0.2) is 42.5 Å². The number of carbonyl (C=O) groups is 1. The molecule has 0 radical (unpaired) electrons. The SMILES string of the molecule is O=C(COc1ccc2c(c1)CCCC2)NCc1ccc(CN2CCOCC2)cc1. The van der Waals surface area contributed by atoms with E-state index in [-0.39, 0.29) is 12.5 Å². The van der Waals surface area contributed by atoms with Gasteiger partial charge < -0.3 is 14.8 Å². The summed E-state index contributed by atoms with van der Waals surface area (Å²) in [5.41, 5.74) is 5.17. The van der Waals surface area contributed by atoms with E-state index in [0.29, 0.717) is 6.54 Å². The van der Waals surface area contributed by atoms with Gasteiger partial charge in [0.05, 0.1) is 13.2 Å². The van der Waals surface area contributed by atoms with Crippen LogP contribution >= 0.6 is 0 Å². The first-order valence-corrected chi connectivity index (χ1v) is 10.7. The molecule has 5 nitrogen and oxygen atoms in total. The first-order chi connectivity index (χ1) is 14.3. The van der Waals surface area contributed by atoms with Crippen molar-refractivity contribution in [3.63, 3.8) is 0 Å². The summed E-state index contributed by atoms with van der Waals surface area (Å²) >= 11 is 0. The zero-order chi connectivity index (χ0) is 19.9. The molecule has 0 spiro atoms. The molecule has 0 saturated carbocycles. The number of rotatable bonds is 7. The third-order valence-electron chi connectivity index (χ3n) is 5.71. The van der Waals surface area contributed by atoms with Crippen molar-refractivity contribution >= 4 is 5.91 Å². The second kappa shape index (κ2) is 9.90. The lowest BCUT2D eigenvalue weighted by Crippen LogP contribution is -2.35. The topological polar surface area (TPSA) is 50.8 Å². The first-order valence-electron chi connectivity index (χ1n) is 10.7. The number of amides is 1. The fourth-order valence-corrected chi connectivity index (χ4v) is 3.98. The predicted octanol–water partition coefficient (Wildman–Crippen LogP) is 3.09. The monoisotopic (exact) mass is 394 g/mol. The summed E-state index contributed by atoms with van der Waals surface area (Å²) in [7, 11) is 0. The molecule has 1 aliphatic carbocycles. The molecule has 0 atom stereocenters. The van der Waals surface area contributed by atoms with Gasteiger partial charge in [-0.05, 0) is 60.1 Å². The second-order valence-electron chi connectivity index (χ2n) is 7.91. The highest BCUT2D eigenvalue weighted by molar-refractivity contribution is 5.77. The lowest BCUT2D eigenvalue weighted by atomic mass is 9.92. The van der Waals surface area contributed by atoms with Gasteiger partial charge >= 0.3 is 0 Å². The highest BCUT2D eigenvalue weighted by Crippen LogP contribution is 2.25. The second-order valence-corrected chi connectivity index (χ2v) is 7.91. The molecule has 4 rings (SSSR count). The maximum absolute atomic E-state index is 12.2. The summed E-state index contributed by atoms with van der Waals surface area (Å²) in [6.45, 7) is 5.13. The summed E-state index contributed by atoms with van der Waals surface area (Å²) in [6, 6.07) is 14.7. The average Bonchev–Trinajstić information content (AvgIpc) is 2.78. The molecule has 0 bridgehead atoms. The number of benzene rings is 2. The van der Waals surface area contributed by atoms with Crippen molar-refractivity contribution in [3.05, 3.63) is 64.7 Å². The van der Waals surface area contributed by atoms with Crippen molar-refractivity contribution < 1.29 is 14.3 Å². The number of hydrogen-bond acceptors (Lipinski definition) is 4. The summed E-state index contributed by atoms with van der Waals surface area (Å²) < 4.78 is 11.1. The molecule has 1 heterocycles. The summed E-state index contributed by atoms with van der Waals surface area (Å²) in [5.74, 6) is 0.688. The van der Waals surface area contributed by atoms with Crippen molar-refractivity contribution in [1.29, 1.82) is 0 Å². The van der Waals surface area contributed by atoms with Crippen LogP contribution in [0.3, 0.4) is 0 Å². The van der Waals surface area contributed by atoms with Gasteiger partial charge in [0, 0.05) is 26.2 Å². The Morgan fingerprint density at radius 2 is 1.69 bits per heavy atom. The molecule has 2 aromatic rings. The van der Waals surface area contributed by atoms with Gasteiger partial charge in [0.2, 0.25) is 0 Å². The number of morpholine rings is 1. The molecule has 0 aromatic heterocycles. The van der Waals surface area contributed by atoms with Crippen LogP contribution in [0.5, 0.6) is 5.75 Å². The van der Waals surface area contributed by atoms with E-state index in [1.54, 1.807) is 0 Å². The molecule has 1 fully saturated rings. The molecular formula is C24H30N2O3. The van der Waals surface area contributed by atoms with E-state index < -0.39 is 0 Å². The Morgan fingerprint density at radius 1 is 0.966 bits per heavy atom. The van der Waals surface area contributed by atoms with Crippen LogP contribution in [-0.4, -0.2) is 43.7 Å². The molecule has 154 valence electrons. The molecule has 29 heavy (non-hydrogen) atoms. The van der Waals surface area contributed by atoms with Gasteiger partial charge in [-0.15, -0.1) is 0 Å². The number of carbonyl (C=O) groups excluding carboxylic acids is 1. The Morgan fingerprint density at radius 3 is 2.48 bits per heavy atom. The summed E-state index contributed by atoms with van der Waals surface area (Å²) in [5, 5.41) is 2.94. The Labute approximate surface area is 173 Å². The minimum absolute atomic E-state index is 0.0495. The molecular weight excluding hydrogens is 364 g/mol. The average molecular weight is 395 g/mol. The molecule has 1 aliphatic heterocycles. The molecule has 1 N–H and O–H groups in total. The van der Waals surface area contributed by atoms with E-state index in [2.05, 4.69) is 46.6 Å². The molecule has 5 heteroatoms. The number of hydrogen-bond donors (Lipinski definition) is 1. The van der Waals surface area contributed by atoms with Gasteiger partial charge in [0.25, 0.3) is 5.91 Å². The van der Waals surface area contributed by atoms with Crippen LogP contribution in [0.25, 0.3) is 0 Å². The smallest absolute Gasteiger partial charge is 0.258 e. The third-order valence-corrected chi connectivity index (χ3v) is 5.71. The van der Waals surface area contributed by atoms with E-state index in [0.717, 1.165) is 57.0 Å². The normalized spacial score (nSPS) is 16.8. The largest absolute Gasteiger partial charge is 0.484 e. The lowest BCUT2D eigenvalue weighted by molar-refractivity contribution is -0.123. The Balaban J connectivity index is 1.20. The standard InChI is InChI=1S/C24H30N2O3/c27-24(18-29-23-10-9-21-3-1-2-4-22(21)15-23)25-16-19-5-7-20(8-6-19)17-26-11-13-28-14-12-26/h5-10,15H,1-4,11-14,16-18H2,(H,25,27). The number of nitrogens with zero attached hydrogens (tertiary/aromatic N) is 1. The lowest BCUT2D eigenvalue weighted by Gasteiger charge is -2.26. The van der Waals surface area contributed by atoms with E-state index in [4.69, 9.17) is 9.47 Å². The number of fused-ring (bicyclic) bond motifs is 1. The van der Waals surface area contributed by atoms with Crippen LogP contribution in [0.4, 0.5) is 0 Å². The van der Waals surface area contributed by atoms with Crippen LogP contribution in [-0.2, 0) is 35.5 Å². The first kappa shape index (κ1) is 19.9. The fraction of sp³-hybridized carbons (Fsp3) is 0.458. The van der Waals surface area contributed by atoms with E-state index >= 15 is 0 Å². The molecule has 2 aromatic carbocycles. The van der Waals surface area contributed by atoms with Gasteiger partial charge in [-0.3, -0.25) is 9.69 Å². The van der Waals surface area contributed by atoms with Crippen LogP contribution in [0.2, 0.25) is 0 Å². The van der Waals surface area contributed by atoms with Gasteiger partial charge in [-0.2, -0.15) is 0 Å². The van der Waals surface area contributed by atoms with Crippen LogP contribution < -0.4 is 10.1 Å². The highest BCUT2D eigenvalue weighted by atomic mass is 16.5. The van der Waals surface area contributed by atoms with Crippen LogP contribution in [0.1, 0.15) is 35.1 Å². The number of aryl methyl sites for hydroxylation is 2. The molecule has 0 unspecified atom stereocenters. The zero-order valence-electron chi connectivity index (χ0n) is 17.0. The maximum atomic E-state index is 12.2. The van der Waals surface area contributed by atoms with Crippen molar-refractivity contribution in [2.75, 3.05) is 32.9 Å². The fourth-order valence-electron chi connectivity index (χ4n) is 3.98. The Hall–Kier alpha value is -2.37. The van der Waals surface area contributed by atoms with Gasteiger partial charge in [0.15, 0.2) is 6.61 Å². The van der Waals surface area contributed by atoms with Gasteiger partial charge in [-0.25, -0.2) is 0 Å². The molecule has 1 amide bonds. The van der Waals surface area contributed by atoms with Crippen LogP contribution in [0, 0.1) is 0 Å². The van der Waals surface area contributed by atoms with E-state index in [9.17, 15) is 4.79 Å². The van der Waals surface area contributed by atoms with E-state index in [1.165, 1.54) is 29.5 Å². The predicted molar refractivity (Wildman–Crippen MR) is 113 cm³/mol. The highest BCUT2D eigenvalue weighted by Gasteiger charge is 2.12. The third kappa shape index (κ3) is 5.81. The maximum Gasteiger partial charge on any atom is 0.258 e.